The zero-order valence-corrected chi connectivity index (χ0v) is 19.8. The van der Waals surface area contributed by atoms with Crippen LogP contribution in [0.3, 0.4) is 0 Å². The summed E-state index contributed by atoms with van der Waals surface area (Å²) < 4.78 is 21.8. The number of benzene rings is 2. The highest BCUT2D eigenvalue weighted by Gasteiger charge is 2.20. The molecule has 0 radical (unpaired) electrons. The van der Waals surface area contributed by atoms with Gasteiger partial charge in [0.1, 0.15) is 11.4 Å². The van der Waals surface area contributed by atoms with Crippen LogP contribution in [0.15, 0.2) is 63.9 Å². The molecule has 0 saturated heterocycles. The Morgan fingerprint density at radius 3 is 2.42 bits per heavy atom. The Bertz CT molecular complexity index is 1790. The monoisotopic (exact) mass is 518 g/mol. The molecular formula is C25H19FN6O6. The lowest BCUT2D eigenvalue weighted by molar-refractivity contribution is 0.0696. The first-order valence-electron chi connectivity index (χ1n) is 11.2. The van der Waals surface area contributed by atoms with Gasteiger partial charge in [-0.05, 0) is 35.4 Å². The second kappa shape index (κ2) is 9.61. The van der Waals surface area contributed by atoms with Crippen molar-refractivity contribution in [1.82, 2.24) is 29.8 Å². The molecule has 0 spiro atoms. The number of nitrogens with one attached hydrogen (secondary N) is 2. The Labute approximate surface area is 212 Å². The third kappa shape index (κ3) is 4.59. The zero-order chi connectivity index (χ0) is 27.0. The minimum Gasteiger partial charge on any atom is -0.478 e. The summed E-state index contributed by atoms with van der Waals surface area (Å²) in [7, 11) is 1.56. The summed E-state index contributed by atoms with van der Waals surface area (Å²) in [4.78, 5) is 52.6. The molecule has 5 aromatic rings. The van der Waals surface area contributed by atoms with Gasteiger partial charge in [0.25, 0.3) is 11.8 Å². The molecule has 0 fully saturated rings. The highest BCUT2D eigenvalue weighted by Crippen LogP contribution is 2.15. The van der Waals surface area contributed by atoms with Gasteiger partial charge in [0.2, 0.25) is 0 Å². The molecule has 38 heavy (non-hydrogen) atoms. The number of aromatic carboxylic acids is 1. The van der Waals surface area contributed by atoms with E-state index in [1.807, 2.05) is 0 Å². The van der Waals surface area contributed by atoms with Crippen molar-refractivity contribution in [2.75, 3.05) is 0 Å². The lowest BCUT2D eigenvalue weighted by atomic mass is 10.1. The molecule has 3 aromatic heterocycles. The Kier molecular flexibility index (Phi) is 6.16. The second-order valence-corrected chi connectivity index (χ2v) is 8.35. The fraction of sp³-hybridized carbons (Fsp3) is 0.120. The number of fused-ring (bicyclic) bond motifs is 2. The lowest BCUT2D eigenvalue weighted by Gasteiger charge is -2.10. The van der Waals surface area contributed by atoms with Gasteiger partial charge in [-0.1, -0.05) is 18.2 Å². The van der Waals surface area contributed by atoms with Crippen molar-refractivity contribution in [3.05, 3.63) is 99.2 Å². The van der Waals surface area contributed by atoms with E-state index < -0.39 is 29.4 Å². The molecule has 0 saturated carbocycles. The van der Waals surface area contributed by atoms with E-state index in [0.29, 0.717) is 22.2 Å². The van der Waals surface area contributed by atoms with Crippen LogP contribution < -0.4 is 16.4 Å². The first kappa shape index (κ1) is 24.4. The molecule has 0 bridgehead atoms. The first-order valence-corrected chi connectivity index (χ1v) is 11.2. The van der Waals surface area contributed by atoms with Gasteiger partial charge in [0, 0.05) is 26.2 Å². The number of nitrogens with zero attached hydrogens (tertiary/aromatic N) is 4. The van der Waals surface area contributed by atoms with Crippen LogP contribution in [0.4, 0.5) is 4.39 Å². The number of amides is 2. The molecular weight excluding hydrogens is 499 g/mol. The quantitative estimate of drug-likeness (QED) is 0.294. The zero-order valence-electron chi connectivity index (χ0n) is 19.8. The molecule has 0 aliphatic rings. The van der Waals surface area contributed by atoms with Crippen LogP contribution in [0.1, 0.15) is 42.5 Å². The third-order valence-electron chi connectivity index (χ3n) is 5.86. The summed E-state index contributed by atoms with van der Waals surface area (Å²) in [6, 6.07) is 12.1. The van der Waals surface area contributed by atoms with Gasteiger partial charge >= 0.3 is 11.7 Å². The van der Waals surface area contributed by atoms with Gasteiger partial charge in [-0.2, -0.15) is 5.10 Å². The van der Waals surface area contributed by atoms with E-state index in [-0.39, 0.29) is 35.7 Å². The van der Waals surface area contributed by atoms with Gasteiger partial charge in [0.15, 0.2) is 17.0 Å². The number of carbonyl (C=O) groups excluding carboxylic acids is 2. The number of oxazole rings is 1. The van der Waals surface area contributed by atoms with Crippen molar-refractivity contribution in [2.24, 2.45) is 7.05 Å². The van der Waals surface area contributed by atoms with Gasteiger partial charge < -0.3 is 20.2 Å². The van der Waals surface area contributed by atoms with Crippen LogP contribution >= 0.6 is 0 Å². The largest absolute Gasteiger partial charge is 0.478 e. The number of carboxylic acid groups (broad SMARTS) is 1. The van der Waals surface area contributed by atoms with E-state index in [4.69, 9.17) is 9.52 Å². The maximum absolute atomic E-state index is 14.3. The van der Waals surface area contributed by atoms with Crippen molar-refractivity contribution in [3.63, 3.8) is 0 Å². The predicted molar refractivity (Wildman–Crippen MR) is 130 cm³/mol. The molecule has 0 unspecified atom stereocenters. The average molecular weight is 518 g/mol. The summed E-state index contributed by atoms with van der Waals surface area (Å²) >= 11 is 0. The number of halogens is 1. The van der Waals surface area contributed by atoms with Gasteiger partial charge in [-0.25, -0.2) is 23.5 Å². The molecule has 0 atom stereocenters. The molecule has 192 valence electrons. The summed E-state index contributed by atoms with van der Waals surface area (Å²) in [5.41, 5.74) is 1.74. The fourth-order valence-corrected chi connectivity index (χ4v) is 3.81. The molecule has 2 aromatic carbocycles. The molecule has 0 aliphatic heterocycles. The van der Waals surface area contributed by atoms with Crippen LogP contribution in [-0.4, -0.2) is 42.1 Å². The Morgan fingerprint density at radius 2 is 1.68 bits per heavy atom. The minimum atomic E-state index is -1.07. The predicted octanol–water partition coefficient (Wildman–Crippen LogP) is 1.87. The van der Waals surface area contributed by atoms with E-state index in [9.17, 15) is 23.6 Å². The molecule has 3 N–H and O–H groups in total. The van der Waals surface area contributed by atoms with Crippen molar-refractivity contribution in [3.8, 4) is 0 Å². The Hall–Kier alpha value is -5.33. The van der Waals surface area contributed by atoms with E-state index in [0.717, 1.165) is 10.7 Å². The van der Waals surface area contributed by atoms with Gasteiger partial charge in [0.05, 0.1) is 17.3 Å². The molecule has 2 amide bonds. The lowest BCUT2D eigenvalue weighted by Crippen LogP contribution is -2.28. The number of hydrogen-bond acceptors (Lipinski definition) is 7. The minimum absolute atomic E-state index is 0.0484. The number of carboxylic acids is 1. The van der Waals surface area contributed by atoms with Crippen LogP contribution in [0.25, 0.3) is 16.7 Å². The highest BCUT2D eigenvalue weighted by atomic mass is 19.1. The molecule has 0 aliphatic carbocycles. The molecule has 12 nitrogen and oxygen atoms in total. The van der Waals surface area contributed by atoms with Crippen molar-refractivity contribution in [1.29, 1.82) is 0 Å². The van der Waals surface area contributed by atoms with E-state index >= 15 is 0 Å². The second-order valence-electron chi connectivity index (χ2n) is 8.35. The maximum Gasteiger partial charge on any atom is 0.419 e. The van der Waals surface area contributed by atoms with Crippen molar-refractivity contribution in [2.45, 2.75) is 13.1 Å². The summed E-state index contributed by atoms with van der Waals surface area (Å²) in [5, 5.41) is 18.2. The summed E-state index contributed by atoms with van der Waals surface area (Å²) in [5.74, 6) is -3.71. The summed E-state index contributed by atoms with van der Waals surface area (Å²) in [6.07, 6.45) is 0.885. The highest BCUT2D eigenvalue weighted by molar-refractivity contribution is 5.98. The van der Waals surface area contributed by atoms with Crippen LogP contribution in [0.2, 0.25) is 0 Å². The number of carbonyl (C=O) groups is 3. The van der Waals surface area contributed by atoms with Crippen molar-refractivity contribution >= 4 is 34.5 Å². The van der Waals surface area contributed by atoms with Crippen LogP contribution in [0.5, 0.6) is 0 Å². The van der Waals surface area contributed by atoms with E-state index in [1.165, 1.54) is 22.8 Å². The molecule has 3 heterocycles. The van der Waals surface area contributed by atoms with Crippen LogP contribution in [-0.2, 0) is 20.1 Å². The van der Waals surface area contributed by atoms with E-state index in [1.54, 1.807) is 37.4 Å². The van der Waals surface area contributed by atoms with E-state index in [2.05, 4.69) is 20.7 Å². The smallest absolute Gasteiger partial charge is 0.419 e. The first-order chi connectivity index (χ1) is 18.2. The standard InChI is InChI=1S/C25H19FN6O6/c1-31-18-8-14(4-7-20(18)38-25(31)37)11-27-22(33)17-9-19(32-21(30-17)16(26)12-29-32)23(34)28-10-13-2-5-15(6-3-13)24(35)36/h2-9,12H,10-11H2,1H3,(H,27,33)(H,28,34)(H,35,36). The number of hydrogen-bond donors (Lipinski definition) is 3. The average Bonchev–Trinajstić information content (AvgIpc) is 3.43. The van der Waals surface area contributed by atoms with Gasteiger partial charge in [-0.3, -0.25) is 14.2 Å². The van der Waals surface area contributed by atoms with Crippen LogP contribution in [0, 0.1) is 5.82 Å². The summed E-state index contributed by atoms with van der Waals surface area (Å²) in [6.45, 7) is 0.115. The number of aromatic nitrogens is 4. The maximum atomic E-state index is 14.3. The SMILES string of the molecule is Cn1c(=O)oc2ccc(CNC(=O)c3cc(C(=O)NCc4ccc(C(=O)O)cc4)n4ncc(F)c4n3)cc21. The topological polar surface area (TPSA) is 161 Å². The van der Waals surface area contributed by atoms with Gasteiger partial charge in [-0.15, -0.1) is 0 Å². The third-order valence-corrected chi connectivity index (χ3v) is 5.86. The number of aryl methyl sites for hydroxylation is 1. The Morgan fingerprint density at radius 1 is 1.00 bits per heavy atom. The normalized spacial score (nSPS) is 11.1. The van der Waals surface area contributed by atoms with Crippen molar-refractivity contribution < 1.29 is 28.3 Å². The number of rotatable bonds is 7. The molecule has 5 rings (SSSR count). The molecule has 13 heteroatoms. The fourth-order valence-electron chi connectivity index (χ4n) is 3.81. The Balaban J connectivity index is 1.35.